The molecule has 0 aromatic heterocycles. The molecule has 14 heavy (non-hydrogen) atoms. The first kappa shape index (κ1) is 12.3. The Morgan fingerprint density at radius 1 is 1.43 bits per heavy atom. The van der Waals surface area contributed by atoms with Crippen LogP contribution >= 0.6 is 11.8 Å². The van der Waals surface area contributed by atoms with Crippen molar-refractivity contribution in [3.05, 3.63) is 0 Å². The molecule has 1 aliphatic rings. The highest BCUT2D eigenvalue weighted by molar-refractivity contribution is 7.98. The first-order valence-corrected chi connectivity index (χ1v) is 7.10. The Hall–Kier alpha value is 0.270. The molecule has 1 saturated heterocycles. The Labute approximate surface area is 92.2 Å². The fraction of sp³-hybridized carbons (Fsp3) is 1.00. The third-order valence-electron chi connectivity index (χ3n) is 2.64. The van der Waals surface area contributed by atoms with Gasteiger partial charge in [-0.25, -0.2) is 0 Å². The van der Waals surface area contributed by atoms with Gasteiger partial charge < -0.3 is 10.1 Å². The highest BCUT2D eigenvalue weighted by Gasteiger charge is 2.12. The largest absolute Gasteiger partial charge is 0.381 e. The normalized spacial score (nSPS) is 22.5. The summed E-state index contributed by atoms with van der Waals surface area (Å²) in [4.78, 5) is 0. The fourth-order valence-electron chi connectivity index (χ4n) is 1.77. The van der Waals surface area contributed by atoms with Crippen LogP contribution in [0.25, 0.3) is 0 Å². The molecule has 1 atom stereocenters. The van der Waals surface area contributed by atoms with Crippen molar-refractivity contribution in [3.8, 4) is 0 Å². The predicted octanol–water partition coefficient (Wildman–Crippen LogP) is 2.15. The minimum atomic E-state index is 0.768. The van der Waals surface area contributed by atoms with E-state index in [4.69, 9.17) is 4.74 Å². The number of hydrogen-bond acceptors (Lipinski definition) is 3. The number of hydrogen-bond donors (Lipinski definition) is 1. The summed E-state index contributed by atoms with van der Waals surface area (Å²) in [7, 11) is 0. The van der Waals surface area contributed by atoms with Crippen molar-refractivity contribution in [2.45, 2.75) is 25.7 Å². The van der Waals surface area contributed by atoms with Crippen LogP contribution in [0, 0.1) is 5.92 Å². The summed E-state index contributed by atoms with van der Waals surface area (Å²) < 4.78 is 5.43. The molecule has 1 heterocycles. The van der Waals surface area contributed by atoms with Gasteiger partial charge in [0.25, 0.3) is 0 Å². The van der Waals surface area contributed by atoms with E-state index in [0.29, 0.717) is 0 Å². The van der Waals surface area contributed by atoms with Crippen molar-refractivity contribution in [2.75, 3.05) is 38.3 Å². The van der Waals surface area contributed by atoms with Crippen molar-refractivity contribution in [1.82, 2.24) is 5.32 Å². The smallest absolute Gasteiger partial charge is 0.0506 e. The van der Waals surface area contributed by atoms with Gasteiger partial charge in [-0.2, -0.15) is 11.8 Å². The van der Waals surface area contributed by atoms with Gasteiger partial charge >= 0.3 is 0 Å². The molecule has 0 bridgehead atoms. The lowest BCUT2D eigenvalue weighted by molar-refractivity contribution is 0.0549. The maximum Gasteiger partial charge on any atom is 0.0506 e. The molecule has 0 aromatic rings. The van der Waals surface area contributed by atoms with E-state index >= 15 is 0 Å². The quantitative estimate of drug-likeness (QED) is 0.660. The van der Waals surface area contributed by atoms with Crippen LogP contribution in [0.15, 0.2) is 0 Å². The lowest BCUT2D eigenvalue weighted by Crippen LogP contribution is -2.29. The van der Waals surface area contributed by atoms with Crippen LogP contribution in [0.4, 0.5) is 0 Å². The van der Waals surface area contributed by atoms with Gasteiger partial charge in [0.2, 0.25) is 0 Å². The van der Waals surface area contributed by atoms with Crippen molar-refractivity contribution < 1.29 is 4.74 Å². The third-order valence-corrected chi connectivity index (χ3v) is 3.34. The third kappa shape index (κ3) is 5.89. The molecule has 84 valence electrons. The molecule has 2 nitrogen and oxygen atoms in total. The maximum absolute atomic E-state index is 5.43. The maximum atomic E-state index is 5.43. The number of nitrogens with one attached hydrogen (secondary N) is 1. The molecular formula is C11H23NOS. The Morgan fingerprint density at radius 2 is 2.36 bits per heavy atom. The minimum absolute atomic E-state index is 0.768. The predicted molar refractivity (Wildman–Crippen MR) is 64.0 cm³/mol. The van der Waals surface area contributed by atoms with Crippen LogP contribution in [0.1, 0.15) is 25.7 Å². The lowest BCUT2D eigenvalue weighted by atomic mass is 10.0. The van der Waals surface area contributed by atoms with E-state index in [0.717, 1.165) is 25.7 Å². The summed E-state index contributed by atoms with van der Waals surface area (Å²) >= 11 is 1.94. The van der Waals surface area contributed by atoms with Crippen molar-refractivity contribution in [3.63, 3.8) is 0 Å². The van der Waals surface area contributed by atoms with Crippen LogP contribution in [0.5, 0.6) is 0 Å². The van der Waals surface area contributed by atoms with Gasteiger partial charge in [0.1, 0.15) is 0 Å². The molecule has 0 radical (unpaired) electrons. The molecule has 0 spiro atoms. The monoisotopic (exact) mass is 217 g/mol. The zero-order chi connectivity index (χ0) is 10.1. The molecular weight excluding hydrogens is 194 g/mol. The van der Waals surface area contributed by atoms with E-state index in [1.165, 1.54) is 38.0 Å². The van der Waals surface area contributed by atoms with Gasteiger partial charge in [-0.3, -0.25) is 0 Å². The van der Waals surface area contributed by atoms with Crippen LogP contribution in [0.3, 0.4) is 0 Å². The lowest BCUT2D eigenvalue weighted by Gasteiger charge is -2.22. The van der Waals surface area contributed by atoms with Crippen LogP contribution in [-0.2, 0) is 4.74 Å². The number of thioether (sulfide) groups is 1. The summed E-state index contributed by atoms with van der Waals surface area (Å²) in [6.07, 6.45) is 7.42. The average molecular weight is 217 g/mol. The van der Waals surface area contributed by atoms with Gasteiger partial charge in [0.05, 0.1) is 6.61 Å². The summed E-state index contributed by atoms with van der Waals surface area (Å²) in [5.74, 6) is 2.07. The van der Waals surface area contributed by atoms with E-state index in [1.807, 2.05) is 11.8 Å². The van der Waals surface area contributed by atoms with Crippen LogP contribution in [0.2, 0.25) is 0 Å². The summed E-state index contributed by atoms with van der Waals surface area (Å²) in [5.41, 5.74) is 0. The Morgan fingerprint density at radius 3 is 3.07 bits per heavy atom. The second-order valence-corrected chi connectivity index (χ2v) is 4.97. The molecule has 1 unspecified atom stereocenters. The molecule has 0 saturated carbocycles. The van der Waals surface area contributed by atoms with Crippen molar-refractivity contribution in [2.24, 2.45) is 5.92 Å². The summed E-state index contributed by atoms with van der Waals surface area (Å²) in [5, 5.41) is 3.52. The Balaban J connectivity index is 1.82. The van der Waals surface area contributed by atoms with Gasteiger partial charge in [-0.05, 0) is 50.2 Å². The molecule has 1 fully saturated rings. The second-order valence-electron chi connectivity index (χ2n) is 3.99. The molecule has 1 rings (SSSR count). The van der Waals surface area contributed by atoms with E-state index < -0.39 is 0 Å². The highest BCUT2D eigenvalue weighted by Crippen LogP contribution is 2.12. The minimum Gasteiger partial charge on any atom is -0.381 e. The Bertz CT molecular complexity index is 126. The first-order valence-electron chi connectivity index (χ1n) is 5.71. The molecule has 3 heteroatoms. The Kier molecular flexibility index (Phi) is 7.55. The van der Waals surface area contributed by atoms with E-state index in [-0.39, 0.29) is 0 Å². The van der Waals surface area contributed by atoms with Crippen molar-refractivity contribution in [1.29, 1.82) is 0 Å². The molecule has 0 amide bonds. The van der Waals surface area contributed by atoms with Crippen LogP contribution < -0.4 is 5.32 Å². The first-order chi connectivity index (χ1) is 6.93. The van der Waals surface area contributed by atoms with Gasteiger partial charge in [0, 0.05) is 13.2 Å². The zero-order valence-corrected chi connectivity index (χ0v) is 10.1. The average Bonchev–Trinajstić information content (AvgIpc) is 2.25. The van der Waals surface area contributed by atoms with Gasteiger partial charge in [-0.1, -0.05) is 0 Å². The standard InChI is InChI=1S/C11H23NOS/c1-14-8-3-2-6-12-9-11-5-4-7-13-10-11/h11-12H,2-10H2,1H3. The van der Waals surface area contributed by atoms with Gasteiger partial charge in [-0.15, -0.1) is 0 Å². The van der Waals surface area contributed by atoms with E-state index in [1.54, 1.807) is 0 Å². The number of rotatable bonds is 7. The van der Waals surface area contributed by atoms with E-state index in [2.05, 4.69) is 11.6 Å². The molecule has 1 N–H and O–H groups in total. The molecule has 0 aromatic carbocycles. The zero-order valence-electron chi connectivity index (χ0n) is 9.26. The summed E-state index contributed by atoms with van der Waals surface area (Å²) in [6.45, 7) is 4.28. The van der Waals surface area contributed by atoms with Crippen LogP contribution in [-0.4, -0.2) is 38.3 Å². The van der Waals surface area contributed by atoms with Crippen molar-refractivity contribution >= 4 is 11.8 Å². The SMILES string of the molecule is CSCCCCNCC1CCCOC1. The number of unbranched alkanes of at least 4 members (excludes halogenated alkanes) is 1. The number of ether oxygens (including phenoxy) is 1. The molecule has 1 aliphatic heterocycles. The summed E-state index contributed by atoms with van der Waals surface area (Å²) in [6, 6.07) is 0. The fourth-order valence-corrected chi connectivity index (χ4v) is 2.26. The van der Waals surface area contributed by atoms with Gasteiger partial charge in [0.15, 0.2) is 0 Å². The van der Waals surface area contributed by atoms with E-state index in [9.17, 15) is 0 Å². The topological polar surface area (TPSA) is 21.3 Å². The second kappa shape index (κ2) is 8.57. The highest BCUT2D eigenvalue weighted by atomic mass is 32.2. The molecule has 0 aliphatic carbocycles.